The zero-order valence-electron chi connectivity index (χ0n) is 8.98. The van der Waals surface area contributed by atoms with Gasteiger partial charge in [0, 0.05) is 37.8 Å². The Kier molecular flexibility index (Phi) is 3.91. The molecule has 1 aromatic heterocycles. The summed E-state index contributed by atoms with van der Waals surface area (Å²) in [5, 5.41) is 3.47. The van der Waals surface area contributed by atoms with E-state index in [1.54, 1.807) is 7.11 Å². The molecule has 1 unspecified atom stereocenters. The number of anilines is 1. The number of ether oxygens (including phenoxy) is 1. The van der Waals surface area contributed by atoms with Crippen molar-refractivity contribution in [2.45, 2.75) is 19.0 Å². The third-order valence-corrected chi connectivity index (χ3v) is 3.68. The molecule has 1 atom stereocenters. The third kappa shape index (κ3) is 2.89. The van der Waals surface area contributed by atoms with E-state index in [0.29, 0.717) is 6.04 Å². The molecular weight excluding hydrogens is 210 g/mol. The van der Waals surface area contributed by atoms with Crippen LogP contribution < -0.4 is 5.32 Å². The van der Waals surface area contributed by atoms with Gasteiger partial charge in [0.1, 0.15) is 0 Å². The Morgan fingerprint density at radius 2 is 2.67 bits per heavy atom. The Morgan fingerprint density at radius 3 is 3.40 bits per heavy atom. The number of hydrogen-bond donors (Lipinski definition) is 1. The molecule has 1 fully saturated rings. The molecule has 1 N–H and O–H groups in total. The molecule has 0 saturated carbocycles. The number of nitrogens with one attached hydrogen (secondary N) is 1. The van der Waals surface area contributed by atoms with E-state index in [2.05, 4.69) is 14.9 Å². The van der Waals surface area contributed by atoms with Crippen molar-refractivity contribution in [3.05, 3.63) is 12.4 Å². The van der Waals surface area contributed by atoms with Crippen molar-refractivity contribution in [2.75, 3.05) is 30.5 Å². The van der Waals surface area contributed by atoms with Crippen LogP contribution in [0.1, 0.15) is 6.42 Å². The molecule has 0 radical (unpaired) electrons. The number of hydrogen-bond acceptors (Lipinski definition) is 4. The first-order valence-electron chi connectivity index (χ1n) is 5.24. The Hall–Kier alpha value is -0.680. The van der Waals surface area contributed by atoms with Crippen LogP contribution in [-0.2, 0) is 11.3 Å². The van der Waals surface area contributed by atoms with Gasteiger partial charge in [0.15, 0.2) is 0 Å². The lowest BCUT2D eigenvalue weighted by Crippen LogP contribution is -2.21. The number of imidazole rings is 1. The molecule has 5 heteroatoms. The normalized spacial score (nSPS) is 20.7. The van der Waals surface area contributed by atoms with E-state index in [9.17, 15) is 0 Å². The molecular formula is C10H17N3OS. The van der Waals surface area contributed by atoms with Gasteiger partial charge in [0.25, 0.3) is 0 Å². The van der Waals surface area contributed by atoms with Crippen LogP contribution in [0.5, 0.6) is 0 Å². The second kappa shape index (κ2) is 5.42. The van der Waals surface area contributed by atoms with E-state index in [1.165, 1.54) is 17.9 Å². The van der Waals surface area contributed by atoms with Crippen LogP contribution in [0.4, 0.5) is 5.95 Å². The lowest BCUT2D eigenvalue weighted by Gasteiger charge is -2.13. The van der Waals surface area contributed by atoms with Gasteiger partial charge in [-0.05, 0) is 12.2 Å². The summed E-state index contributed by atoms with van der Waals surface area (Å²) in [7, 11) is 1.72. The van der Waals surface area contributed by atoms with E-state index >= 15 is 0 Å². The molecule has 2 rings (SSSR count). The predicted octanol–water partition coefficient (Wildman–Crippen LogP) is 1.45. The molecule has 1 aliphatic rings. The number of methoxy groups -OCH3 is 1. The van der Waals surface area contributed by atoms with E-state index < -0.39 is 0 Å². The zero-order valence-corrected chi connectivity index (χ0v) is 9.80. The van der Waals surface area contributed by atoms with Crippen LogP contribution in [0.25, 0.3) is 0 Å². The highest BCUT2D eigenvalue weighted by molar-refractivity contribution is 7.99. The summed E-state index contributed by atoms with van der Waals surface area (Å²) in [4.78, 5) is 4.32. The zero-order chi connectivity index (χ0) is 10.5. The van der Waals surface area contributed by atoms with Gasteiger partial charge in [-0.25, -0.2) is 4.98 Å². The molecule has 15 heavy (non-hydrogen) atoms. The van der Waals surface area contributed by atoms with Crippen LogP contribution in [-0.4, -0.2) is 40.8 Å². The molecule has 1 saturated heterocycles. The Morgan fingerprint density at radius 1 is 1.73 bits per heavy atom. The predicted molar refractivity (Wildman–Crippen MR) is 63.5 cm³/mol. The van der Waals surface area contributed by atoms with Crippen molar-refractivity contribution in [2.24, 2.45) is 0 Å². The summed E-state index contributed by atoms with van der Waals surface area (Å²) in [6, 6.07) is 0.582. The SMILES string of the molecule is COCCn1ccnc1NC1CCSC1. The van der Waals surface area contributed by atoms with E-state index in [1.807, 2.05) is 24.2 Å². The molecule has 0 aliphatic carbocycles. The van der Waals surface area contributed by atoms with Crippen molar-refractivity contribution in [1.29, 1.82) is 0 Å². The Bertz CT molecular complexity index is 297. The van der Waals surface area contributed by atoms with Gasteiger partial charge in [-0.2, -0.15) is 11.8 Å². The Balaban J connectivity index is 1.91. The second-order valence-electron chi connectivity index (χ2n) is 3.64. The van der Waals surface area contributed by atoms with Crippen LogP contribution >= 0.6 is 11.8 Å². The molecule has 4 nitrogen and oxygen atoms in total. The molecule has 84 valence electrons. The minimum atomic E-state index is 0.582. The van der Waals surface area contributed by atoms with Gasteiger partial charge in [-0.15, -0.1) is 0 Å². The highest BCUT2D eigenvalue weighted by Gasteiger charge is 2.16. The maximum Gasteiger partial charge on any atom is 0.203 e. The fourth-order valence-electron chi connectivity index (χ4n) is 1.65. The van der Waals surface area contributed by atoms with Gasteiger partial charge in [-0.3, -0.25) is 0 Å². The number of thioether (sulfide) groups is 1. The van der Waals surface area contributed by atoms with Gasteiger partial charge < -0.3 is 14.6 Å². The van der Waals surface area contributed by atoms with E-state index in [-0.39, 0.29) is 0 Å². The first-order chi connectivity index (χ1) is 7.40. The maximum absolute atomic E-state index is 5.06. The minimum absolute atomic E-state index is 0.582. The Labute approximate surface area is 94.4 Å². The summed E-state index contributed by atoms with van der Waals surface area (Å²) in [6.45, 7) is 1.59. The summed E-state index contributed by atoms with van der Waals surface area (Å²) < 4.78 is 7.16. The van der Waals surface area contributed by atoms with Gasteiger partial charge in [0.2, 0.25) is 5.95 Å². The highest BCUT2D eigenvalue weighted by Crippen LogP contribution is 2.20. The van der Waals surface area contributed by atoms with E-state index in [4.69, 9.17) is 4.74 Å². The quantitative estimate of drug-likeness (QED) is 0.826. The number of rotatable bonds is 5. The molecule has 0 aromatic carbocycles. The molecule has 1 aromatic rings. The largest absolute Gasteiger partial charge is 0.383 e. The van der Waals surface area contributed by atoms with Crippen molar-refractivity contribution >= 4 is 17.7 Å². The van der Waals surface area contributed by atoms with E-state index in [0.717, 1.165) is 19.1 Å². The average Bonchev–Trinajstić information content (AvgIpc) is 2.87. The number of nitrogens with zero attached hydrogens (tertiary/aromatic N) is 2. The minimum Gasteiger partial charge on any atom is -0.383 e. The summed E-state index contributed by atoms with van der Waals surface area (Å²) in [5.41, 5.74) is 0. The highest BCUT2D eigenvalue weighted by atomic mass is 32.2. The monoisotopic (exact) mass is 227 g/mol. The first-order valence-corrected chi connectivity index (χ1v) is 6.40. The molecule has 0 spiro atoms. The lowest BCUT2D eigenvalue weighted by atomic mass is 10.3. The second-order valence-corrected chi connectivity index (χ2v) is 4.79. The van der Waals surface area contributed by atoms with Crippen LogP contribution in [0, 0.1) is 0 Å². The van der Waals surface area contributed by atoms with Crippen LogP contribution in [0.3, 0.4) is 0 Å². The van der Waals surface area contributed by atoms with Gasteiger partial charge in [0.05, 0.1) is 6.61 Å². The topological polar surface area (TPSA) is 39.1 Å². The van der Waals surface area contributed by atoms with Gasteiger partial charge in [-0.1, -0.05) is 0 Å². The molecule has 0 amide bonds. The number of aromatic nitrogens is 2. The molecule has 0 bridgehead atoms. The maximum atomic E-state index is 5.06. The smallest absolute Gasteiger partial charge is 0.203 e. The summed E-state index contributed by atoms with van der Waals surface area (Å²) >= 11 is 2.00. The fourth-order valence-corrected chi connectivity index (χ4v) is 2.80. The average molecular weight is 227 g/mol. The summed E-state index contributed by atoms with van der Waals surface area (Å²) in [6.07, 6.45) is 5.06. The molecule has 2 heterocycles. The van der Waals surface area contributed by atoms with Crippen molar-refractivity contribution < 1.29 is 4.74 Å². The summed E-state index contributed by atoms with van der Waals surface area (Å²) in [5.74, 6) is 3.42. The molecule has 1 aliphatic heterocycles. The fraction of sp³-hybridized carbons (Fsp3) is 0.700. The van der Waals surface area contributed by atoms with Gasteiger partial charge >= 0.3 is 0 Å². The van der Waals surface area contributed by atoms with Crippen molar-refractivity contribution in [1.82, 2.24) is 9.55 Å². The van der Waals surface area contributed by atoms with Crippen LogP contribution in [0.2, 0.25) is 0 Å². The van der Waals surface area contributed by atoms with Crippen molar-refractivity contribution in [3.8, 4) is 0 Å². The van der Waals surface area contributed by atoms with Crippen LogP contribution in [0.15, 0.2) is 12.4 Å². The standard InChI is InChI=1S/C10H17N3OS/c1-14-6-5-13-4-3-11-10(13)12-9-2-7-15-8-9/h3-4,9H,2,5-8H2,1H3,(H,11,12). The lowest BCUT2D eigenvalue weighted by molar-refractivity contribution is 0.187. The third-order valence-electron chi connectivity index (χ3n) is 2.51. The first kappa shape index (κ1) is 10.8. The van der Waals surface area contributed by atoms with Crippen molar-refractivity contribution in [3.63, 3.8) is 0 Å².